The van der Waals surface area contributed by atoms with Crippen LogP contribution in [0.15, 0.2) is 96.2 Å². The second-order valence-electron chi connectivity index (χ2n) is 9.68. The Morgan fingerprint density at radius 3 is 2.57 bits per heavy atom. The summed E-state index contributed by atoms with van der Waals surface area (Å²) in [6.07, 6.45) is 3.15. The second kappa shape index (κ2) is 10.4. The molecule has 5 aromatic rings. The quantitative estimate of drug-likeness (QED) is 0.187. The topological polar surface area (TPSA) is 101 Å². The van der Waals surface area contributed by atoms with Crippen molar-refractivity contribution in [2.75, 3.05) is 16.0 Å². The van der Waals surface area contributed by atoms with Crippen molar-refractivity contribution in [2.45, 2.75) is 13.1 Å². The third-order valence-electron chi connectivity index (χ3n) is 6.58. The monoisotopic (exact) mass is 569 g/mol. The van der Waals surface area contributed by atoms with Crippen molar-refractivity contribution >= 4 is 46.2 Å². The number of furan rings is 1. The molecule has 0 spiro atoms. The summed E-state index contributed by atoms with van der Waals surface area (Å²) in [6.45, 7) is 1.72. The van der Waals surface area contributed by atoms with Crippen molar-refractivity contribution < 1.29 is 27.2 Å². The third kappa shape index (κ3) is 5.52. The van der Waals surface area contributed by atoms with Crippen LogP contribution in [0.4, 0.5) is 35.9 Å². The van der Waals surface area contributed by atoms with Crippen LogP contribution in [0.3, 0.4) is 0 Å². The van der Waals surface area contributed by atoms with Gasteiger partial charge in [0.25, 0.3) is 11.8 Å². The van der Waals surface area contributed by atoms with E-state index in [0.29, 0.717) is 34.0 Å². The fraction of sp³-hybridized carbons (Fsp3) is 0.0645. The molecular formula is C31H22F3N5O3. The van der Waals surface area contributed by atoms with E-state index < -0.39 is 17.6 Å². The second-order valence-corrected chi connectivity index (χ2v) is 9.68. The number of nitrogens with zero attached hydrogens (tertiary/aromatic N) is 2. The molecule has 0 aliphatic carbocycles. The lowest BCUT2D eigenvalue weighted by atomic mass is 10.0. The number of halogens is 3. The molecule has 1 aliphatic heterocycles. The first-order valence-electron chi connectivity index (χ1n) is 12.7. The minimum atomic E-state index is -4.64. The smallest absolute Gasteiger partial charge is 0.416 e. The first kappa shape index (κ1) is 26.6. The standard InChI is InChI=1S/C31H22F3N5O3/c1-18-15-39(17-35-18)25-11-20(10-21(12-25)31(32,33)34)29(40)37-23-4-2-3-22(13-23)36-24-5-6-26-27(9-19-7-8-42-16-19)30(41)38-28(26)14-24/h2-17,36H,1H3,(H,37,40)(H,38,41). The third-order valence-corrected chi connectivity index (χ3v) is 6.58. The van der Waals surface area contributed by atoms with Gasteiger partial charge < -0.3 is 24.9 Å². The highest BCUT2D eigenvalue weighted by molar-refractivity contribution is 6.35. The van der Waals surface area contributed by atoms with Crippen molar-refractivity contribution in [2.24, 2.45) is 0 Å². The molecule has 2 amide bonds. The van der Waals surface area contributed by atoms with Gasteiger partial charge in [-0.05, 0) is 67.6 Å². The van der Waals surface area contributed by atoms with Crippen LogP contribution < -0.4 is 16.0 Å². The molecule has 0 saturated heterocycles. The maximum absolute atomic E-state index is 13.6. The molecule has 0 atom stereocenters. The van der Waals surface area contributed by atoms with Crippen molar-refractivity contribution in [3.63, 3.8) is 0 Å². The number of anilines is 4. The molecule has 42 heavy (non-hydrogen) atoms. The molecule has 0 radical (unpaired) electrons. The number of carbonyl (C=O) groups excluding carboxylic acids is 2. The largest absolute Gasteiger partial charge is 0.472 e. The van der Waals surface area contributed by atoms with Crippen LogP contribution in [0.5, 0.6) is 0 Å². The first-order valence-corrected chi connectivity index (χ1v) is 12.7. The summed E-state index contributed by atoms with van der Waals surface area (Å²) < 4.78 is 47.4. The summed E-state index contributed by atoms with van der Waals surface area (Å²) in [7, 11) is 0. The Hall–Kier alpha value is -5.58. The summed E-state index contributed by atoms with van der Waals surface area (Å²) in [5, 5.41) is 8.76. The van der Waals surface area contributed by atoms with Gasteiger partial charge in [-0.1, -0.05) is 12.1 Å². The van der Waals surface area contributed by atoms with E-state index in [4.69, 9.17) is 4.42 Å². The maximum atomic E-state index is 13.6. The number of hydrogen-bond donors (Lipinski definition) is 3. The Bertz CT molecular complexity index is 1860. The average Bonchev–Trinajstić information content (AvgIpc) is 3.69. The Labute approximate surface area is 237 Å². The molecule has 6 rings (SSSR count). The fourth-order valence-corrected chi connectivity index (χ4v) is 4.60. The number of carbonyl (C=O) groups is 2. The minimum absolute atomic E-state index is 0.154. The first-order chi connectivity index (χ1) is 20.1. The summed E-state index contributed by atoms with van der Waals surface area (Å²) >= 11 is 0. The van der Waals surface area contributed by atoms with Gasteiger partial charge in [-0.15, -0.1) is 0 Å². The predicted octanol–water partition coefficient (Wildman–Crippen LogP) is 7.28. The van der Waals surface area contributed by atoms with Crippen molar-refractivity contribution in [1.29, 1.82) is 0 Å². The highest BCUT2D eigenvalue weighted by Crippen LogP contribution is 2.36. The van der Waals surface area contributed by atoms with Crippen LogP contribution in [0, 0.1) is 6.92 Å². The number of fused-ring (bicyclic) bond motifs is 1. The van der Waals surface area contributed by atoms with Crippen molar-refractivity contribution in [1.82, 2.24) is 9.55 Å². The van der Waals surface area contributed by atoms with E-state index in [1.807, 2.05) is 12.1 Å². The van der Waals surface area contributed by atoms with E-state index in [2.05, 4.69) is 20.9 Å². The number of rotatable bonds is 6. The molecule has 3 N–H and O–H groups in total. The molecule has 1 aliphatic rings. The van der Waals surface area contributed by atoms with E-state index in [0.717, 1.165) is 23.3 Å². The number of alkyl halides is 3. The number of aromatic nitrogens is 2. The summed E-state index contributed by atoms with van der Waals surface area (Å²) in [5.41, 5.74) is 4.04. The maximum Gasteiger partial charge on any atom is 0.416 e. The van der Waals surface area contributed by atoms with Gasteiger partial charge in [0.05, 0.1) is 35.8 Å². The minimum Gasteiger partial charge on any atom is -0.472 e. The van der Waals surface area contributed by atoms with Gasteiger partial charge in [0.15, 0.2) is 0 Å². The highest BCUT2D eigenvalue weighted by Gasteiger charge is 2.32. The van der Waals surface area contributed by atoms with Gasteiger partial charge in [0.1, 0.15) is 0 Å². The van der Waals surface area contributed by atoms with E-state index in [1.165, 1.54) is 23.2 Å². The lowest BCUT2D eigenvalue weighted by Crippen LogP contribution is -2.15. The van der Waals surface area contributed by atoms with Crippen molar-refractivity contribution in [3.8, 4) is 5.69 Å². The number of hydrogen-bond acceptors (Lipinski definition) is 5. The number of benzene rings is 3. The van der Waals surface area contributed by atoms with Gasteiger partial charge in [0.2, 0.25) is 0 Å². The average molecular weight is 570 g/mol. The molecular weight excluding hydrogens is 547 g/mol. The normalized spacial score (nSPS) is 13.6. The number of imidazole rings is 1. The van der Waals surface area contributed by atoms with E-state index >= 15 is 0 Å². The van der Waals surface area contributed by atoms with Gasteiger partial charge in [-0.25, -0.2) is 4.98 Å². The SMILES string of the molecule is Cc1cn(-c2cc(C(=O)Nc3cccc(Nc4ccc5c(c4)NC(=O)C5=Cc4ccoc4)c3)cc(C(F)(F)F)c2)cn1. The molecule has 210 valence electrons. The van der Waals surface area contributed by atoms with Gasteiger partial charge in [0, 0.05) is 51.2 Å². The van der Waals surface area contributed by atoms with Crippen LogP contribution in [0.1, 0.15) is 32.7 Å². The van der Waals surface area contributed by atoms with Crippen molar-refractivity contribution in [3.05, 3.63) is 120 Å². The Morgan fingerprint density at radius 1 is 1.02 bits per heavy atom. The van der Waals surface area contributed by atoms with E-state index in [1.54, 1.807) is 61.9 Å². The van der Waals surface area contributed by atoms with Gasteiger partial charge in [-0.3, -0.25) is 9.59 Å². The number of aryl methyl sites for hydroxylation is 1. The molecule has 8 nitrogen and oxygen atoms in total. The molecule has 3 aromatic carbocycles. The Kier molecular flexibility index (Phi) is 6.62. The molecule has 3 heterocycles. The molecule has 0 bridgehead atoms. The van der Waals surface area contributed by atoms with Gasteiger partial charge in [-0.2, -0.15) is 13.2 Å². The predicted molar refractivity (Wildman–Crippen MR) is 153 cm³/mol. The van der Waals surface area contributed by atoms with E-state index in [-0.39, 0.29) is 17.2 Å². The summed E-state index contributed by atoms with van der Waals surface area (Å²) in [6, 6.07) is 17.1. The van der Waals surface area contributed by atoms with E-state index in [9.17, 15) is 22.8 Å². The fourth-order valence-electron chi connectivity index (χ4n) is 4.60. The number of nitrogens with one attached hydrogen (secondary N) is 3. The lowest BCUT2D eigenvalue weighted by molar-refractivity contribution is -0.137. The van der Waals surface area contributed by atoms with Crippen LogP contribution in [-0.4, -0.2) is 21.4 Å². The van der Waals surface area contributed by atoms with Crippen LogP contribution >= 0.6 is 0 Å². The Balaban J connectivity index is 1.21. The summed E-state index contributed by atoms with van der Waals surface area (Å²) in [5.74, 6) is -0.928. The van der Waals surface area contributed by atoms with Crippen LogP contribution in [0.25, 0.3) is 17.3 Å². The zero-order valence-corrected chi connectivity index (χ0v) is 22.0. The molecule has 0 fully saturated rings. The molecule has 11 heteroatoms. The van der Waals surface area contributed by atoms with Crippen LogP contribution in [0.2, 0.25) is 0 Å². The highest BCUT2D eigenvalue weighted by atomic mass is 19.4. The van der Waals surface area contributed by atoms with Gasteiger partial charge >= 0.3 is 6.18 Å². The lowest BCUT2D eigenvalue weighted by Gasteiger charge is -2.14. The molecule has 0 unspecified atom stereocenters. The molecule has 0 saturated carbocycles. The zero-order valence-electron chi connectivity index (χ0n) is 22.0. The number of amides is 2. The zero-order chi connectivity index (χ0) is 29.4. The molecule has 2 aromatic heterocycles. The summed E-state index contributed by atoms with van der Waals surface area (Å²) in [4.78, 5) is 29.7. The Morgan fingerprint density at radius 2 is 1.83 bits per heavy atom. The van der Waals surface area contributed by atoms with Crippen LogP contribution in [-0.2, 0) is 11.0 Å².